The summed E-state index contributed by atoms with van der Waals surface area (Å²) in [4.78, 5) is 39.0. The summed E-state index contributed by atoms with van der Waals surface area (Å²) < 4.78 is 67.4. The second-order valence-corrected chi connectivity index (χ2v) is 15.4. The van der Waals surface area contributed by atoms with Gasteiger partial charge in [-0.15, -0.1) is 0 Å². The number of benzene rings is 3. The van der Waals surface area contributed by atoms with E-state index in [-0.39, 0.29) is 54.4 Å². The fourth-order valence-corrected chi connectivity index (χ4v) is 8.81. The number of likely N-dealkylation sites (tertiary alicyclic amines) is 1. The lowest BCUT2D eigenvalue weighted by Crippen LogP contribution is -2.43. The van der Waals surface area contributed by atoms with Crippen molar-refractivity contribution in [2.24, 2.45) is 7.05 Å². The molecule has 0 radical (unpaired) electrons. The molecule has 0 spiro atoms. The molecule has 3 aromatic carbocycles. The Balaban J connectivity index is 1.03. The van der Waals surface area contributed by atoms with E-state index in [1.165, 1.54) is 6.07 Å². The third-order valence-corrected chi connectivity index (χ3v) is 11.9. The fraction of sp³-hybridized carbons (Fsp3) is 0.429. The maximum absolute atomic E-state index is 13.8. The van der Waals surface area contributed by atoms with Crippen molar-refractivity contribution < 1.29 is 41.4 Å². The molecule has 2 fully saturated rings. The SMILES string of the molecule is Cc1c(NC(=O)c2nc3c(n2C)CCN(C2CCC(F)(F)CC2)C3)cccc1-c1cccc(-c2nc3cc(CN4CCC[C@H]4C(=O)O)c(OC(F)F)cc3o2)c1C. The van der Waals surface area contributed by atoms with Gasteiger partial charge in [0.2, 0.25) is 11.8 Å². The molecule has 11 nitrogen and oxygen atoms in total. The van der Waals surface area contributed by atoms with Crippen LogP contribution in [0.25, 0.3) is 33.7 Å². The largest absolute Gasteiger partial charge is 0.480 e. The number of nitrogens with one attached hydrogen (secondary N) is 1. The van der Waals surface area contributed by atoms with Crippen molar-refractivity contribution in [3.8, 4) is 28.3 Å². The number of alkyl halides is 4. The van der Waals surface area contributed by atoms with Crippen LogP contribution in [0.1, 0.15) is 77.2 Å². The van der Waals surface area contributed by atoms with Crippen LogP contribution < -0.4 is 10.1 Å². The molecule has 2 aliphatic heterocycles. The number of hydrogen-bond donors (Lipinski definition) is 2. The predicted molar refractivity (Wildman–Crippen MR) is 205 cm³/mol. The van der Waals surface area contributed by atoms with Crippen LogP contribution in [0.4, 0.5) is 23.2 Å². The zero-order valence-corrected chi connectivity index (χ0v) is 32.0. The first-order valence-electron chi connectivity index (χ1n) is 19.3. The maximum Gasteiger partial charge on any atom is 0.387 e. The summed E-state index contributed by atoms with van der Waals surface area (Å²) in [7, 11) is 1.83. The van der Waals surface area contributed by atoms with Gasteiger partial charge < -0.3 is 24.1 Å². The number of carboxylic acids is 1. The molecule has 1 atom stereocenters. The van der Waals surface area contributed by atoms with E-state index in [0.29, 0.717) is 67.5 Å². The Kier molecular flexibility index (Phi) is 10.3. The minimum absolute atomic E-state index is 0.0835. The number of aliphatic carboxylic acids is 1. The second kappa shape index (κ2) is 15.2. The van der Waals surface area contributed by atoms with Crippen molar-refractivity contribution in [2.75, 3.05) is 18.4 Å². The van der Waals surface area contributed by atoms with E-state index in [9.17, 15) is 32.3 Å². The molecule has 1 aliphatic carbocycles. The monoisotopic (exact) mass is 788 g/mol. The highest BCUT2D eigenvalue weighted by Crippen LogP contribution is 2.39. The van der Waals surface area contributed by atoms with Gasteiger partial charge in [0.05, 0.1) is 5.69 Å². The number of aromatic nitrogens is 3. The van der Waals surface area contributed by atoms with Crippen molar-refractivity contribution in [2.45, 2.75) is 96.5 Å². The summed E-state index contributed by atoms with van der Waals surface area (Å²) in [5, 5.41) is 12.7. The molecular formula is C42H44F4N6O5. The van der Waals surface area contributed by atoms with Crippen LogP contribution in [-0.2, 0) is 31.4 Å². The smallest absolute Gasteiger partial charge is 0.387 e. The van der Waals surface area contributed by atoms with E-state index in [1.807, 2.05) is 61.9 Å². The summed E-state index contributed by atoms with van der Waals surface area (Å²) in [6, 6.07) is 13.7. The van der Waals surface area contributed by atoms with Gasteiger partial charge in [-0.2, -0.15) is 8.78 Å². The highest BCUT2D eigenvalue weighted by atomic mass is 19.3. The fourth-order valence-electron chi connectivity index (χ4n) is 8.81. The molecule has 2 N–H and O–H groups in total. The Morgan fingerprint density at radius 1 is 1.00 bits per heavy atom. The minimum atomic E-state index is -3.09. The molecule has 1 saturated carbocycles. The van der Waals surface area contributed by atoms with Crippen molar-refractivity contribution >= 4 is 28.7 Å². The number of fused-ring (bicyclic) bond motifs is 2. The molecule has 57 heavy (non-hydrogen) atoms. The highest BCUT2D eigenvalue weighted by molar-refractivity contribution is 6.03. The van der Waals surface area contributed by atoms with Crippen LogP contribution in [0, 0.1) is 13.8 Å². The number of halogens is 4. The third kappa shape index (κ3) is 7.62. The molecule has 8 rings (SSSR count). The van der Waals surface area contributed by atoms with Crippen molar-refractivity contribution in [3.05, 3.63) is 82.4 Å². The molecule has 0 unspecified atom stereocenters. The third-order valence-electron chi connectivity index (χ3n) is 11.9. The number of imidazole rings is 1. The molecule has 4 heterocycles. The zero-order valence-electron chi connectivity index (χ0n) is 32.0. The lowest BCUT2D eigenvalue weighted by Gasteiger charge is -2.38. The normalized spacial score (nSPS) is 19.0. The Bertz CT molecular complexity index is 2350. The molecule has 2 aromatic heterocycles. The number of hydrogen-bond acceptors (Lipinski definition) is 8. The van der Waals surface area contributed by atoms with Crippen LogP contribution in [0.2, 0.25) is 0 Å². The Morgan fingerprint density at radius 2 is 1.72 bits per heavy atom. The van der Waals surface area contributed by atoms with Gasteiger partial charge in [0.25, 0.3) is 5.91 Å². The van der Waals surface area contributed by atoms with E-state index in [0.717, 1.165) is 40.2 Å². The van der Waals surface area contributed by atoms with Gasteiger partial charge in [0.1, 0.15) is 17.3 Å². The van der Waals surface area contributed by atoms with Crippen LogP contribution in [0.15, 0.2) is 52.9 Å². The van der Waals surface area contributed by atoms with E-state index in [1.54, 1.807) is 11.0 Å². The van der Waals surface area contributed by atoms with Gasteiger partial charge in [0, 0.05) is 80.6 Å². The second-order valence-electron chi connectivity index (χ2n) is 15.4. The quantitative estimate of drug-likeness (QED) is 0.134. The summed E-state index contributed by atoms with van der Waals surface area (Å²) in [6.07, 6.45) is 2.54. The van der Waals surface area contributed by atoms with Crippen molar-refractivity contribution in [1.29, 1.82) is 0 Å². The summed E-state index contributed by atoms with van der Waals surface area (Å²) in [6.45, 7) is 2.64. The molecule has 1 amide bonds. The first-order valence-corrected chi connectivity index (χ1v) is 19.3. The average molecular weight is 789 g/mol. The zero-order chi connectivity index (χ0) is 40.2. The Labute approximate surface area is 326 Å². The van der Waals surface area contributed by atoms with Gasteiger partial charge in [-0.25, -0.2) is 18.7 Å². The number of rotatable bonds is 10. The van der Waals surface area contributed by atoms with E-state index >= 15 is 0 Å². The van der Waals surface area contributed by atoms with Crippen molar-refractivity contribution in [1.82, 2.24) is 24.3 Å². The highest BCUT2D eigenvalue weighted by Gasteiger charge is 2.38. The lowest BCUT2D eigenvalue weighted by molar-refractivity contribution is -0.142. The molecule has 3 aliphatic rings. The van der Waals surface area contributed by atoms with Crippen LogP contribution >= 0.6 is 0 Å². The number of carboxylic acid groups (broad SMARTS) is 1. The van der Waals surface area contributed by atoms with E-state index in [2.05, 4.69) is 10.2 Å². The minimum Gasteiger partial charge on any atom is -0.480 e. The number of amides is 1. The number of ether oxygens (including phenoxy) is 1. The molecule has 15 heteroatoms. The number of carbonyl (C=O) groups excluding carboxylic acids is 1. The van der Waals surface area contributed by atoms with Crippen LogP contribution in [0.3, 0.4) is 0 Å². The van der Waals surface area contributed by atoms with E-state index < -0.39 is 24.5 Å². The number of carbonyl (C=O) groups is 2. The standard InChI is InChI=1S/C42H44F4N6O5/c1-23-27(7-4-9-29(23)39-49-31-19-25(21-52-17-6-11-34(52)40(54)55)35(57-41(43)44)20-36(31)56-39)28-8-5-10-30(24(28)2)48-38(53)37-47-32-22-51(18-14-33(32)50(37)3)26-12-15-42(45,46)16-13-26/h4-5,7-10,19-20,26,34,41H,6,11-18,21-22H2,1-3H3,(H,48,53)(H,54,55)/t34-/m0/s1. The van der Waals surface area contributed by atoms with Crippen molar-refractivity contribution in [3.63, 3.8) is 0 Å². The Morgan fingerprint density at radius 3 is 2.46 bits per heavy atom. The summed E-state index contributed by atoms with van der Waals surface area (Å²) in [5.74, 6) is -3.45. The Hall–Kier alpha value is -5.28. The summed E-state index contributed by atoms with van der Waals surface area (Å²) in [5.41, 5.74) is 7.50. The van der Waals surface area contributed by atoms with Gasteiger partial charge in [-0.1, -0.05) is 24.3 Å². The average Bonchev–Trinajstić information content (AvgIpc) is 3.89. The topological polar surface area (TPSA) is 126 Å². The maximum atomic E-state index is 13.8. The number of oxazole rings is 1. The van der Waals surface area contributed by atoms with Gasteiger partial charge in [0.15, 0.2) is 11.4 Å². The first kappa shape index (κ1) is 38.6. The van der Waals surface area contributed by atoms with Crippen LogP contribution in [-0.4, -0.2) is 79.0 Å². The molecule has 0 bridgehead atoms. The number of anilines is 1. The molecule has 300 valence electrons. The van der Waals surface area contributed by atoms with Gasteiger partial charge in [-0.3, -0.25) is 19.4 Å². The first-order chi connectivity index (χ1) is 27.3. The molecule has 1 saturated heterocycles. The van der Waals surface area contributed by atoms with E-state index in [4.69, 9.17) is 19.1 Å². The molecule has 5 aromatic rings. The number of nitrogens with zero attached hydrogens (tertiary/aromatic N) is 5. The van der Waals surface area contributed by atoms with Gasteiger partial charge in [-0.05, 0) is 86.5 Å². The molecular weight excluding hydrogens is 744 g/mol. The van der Waals surface area contributed by atoms with Gasteiger partial charge >= 0.3 is 12.6 Å². The lowest BCUT2D eigenvalue weighted by atomic mass is 9.90. The summed E-state index contributed by atoms with van der Waals surface area (Å²) >= 11 is 0. The van der Waals surface area contributed by atoms with Crippen LogP contribution in [0.5, 0.6) is 5.75 Å². The predicted octanol–water partition coefficient (Wildman–Crippen LogP) is 8.35.